The van der Waals surface area contributed by atoms with E-state index in [1.54, 1.807) is 27.7 Å². The van der Waals surface area contributed by atoms with Crippen LogP contribution in [0.5, 0.6) is 0 Å². The fourth-order valence-electron chi connectivity index (χ4n) is 4.17. The molecule has 0 spiro atoms. The van der Waals surface area contributed by atoms with Gasteiger partial charge in [0.15, 0.2) is 0 Å². The molecule has 0 unspecified atom stereocenters. The number of fused-ring (bicyclic) bond motifs is 1. The van der Waals surface area contributed by atoms with Gasteiger partial charge in [0.25, 0.3) is 5.91 Å². The number of carbonyl (C=O) groups excluding carboxylic acids is 1. The van der Waals surface area contributed by atoms with Crippen molar-refractivity contribution in [3.05, 3.63) is 62.8 Å². The molecule has 1 aliphatic heterocycles. The summed E-state index contributed by atoms with van der Waals surface area (Å²) in [7, 11) is -3.71. The van der Waals surface area contributed by atoms with Crippen molar-refractivity contribution in [3.8, 4) is 0 Å². The van der Waals surface area contributed by atoms with Gasteiger partial charge in [-0.2, -0.15) is 4.31 Å². The second-order valence-corrected chi connectivity index (χ2v) is 11.4. The number of carbonyl (C=O) groups is 1. The van der Waals surface area contributed by atoms with Crippen molar-refractivity contribution in [3.63, 3.8) is 0 Å². The SMILES string of the molecule is Cc1ccc(C(=O)N2CCN(S(=O)(=O)c3ccc4c(c3)sc(=O)n4C(C)C)CC2)c(C)c1. The number of amides is 1. The van der Waals surface area contributed by atoms with E-state index in [1.807, 2.05) is 45.9 Å². The number of sulfonamides is 1. The Labute approximate surface area is 191 Å². The molecule has 1 aromatic heterocycles. The average Bonchev–Trinajstić information content (AvgIpc) is 3.08. The summed E-state index contributed by atoms with van der Waals surface area (Å²) in [5.41, 5.74) is 3.42. The highest BCUT2D eigenvalue weighted by Gasteiger charge is 2.31. The van der Waals surface area contributed by atoms with Crippen LogP contribution in [0.15, 0.2) is 46.1 Å². The van der Waals surface area contributed by atoms with Crippen LogP contribution in [0, 0.1) is 13.8 Å². The topological polar surface area (TPSA) is 79.7 Å². The third kappa shape index (κ3) is 4.00. The van der Waals surface area contributed by atoms with Crippen LogP contribution in [0.1, 0.15) is 41.4 Å². The molecule has 2 aromatic carbocycles. The Morgan fingerprint density at radius 3 is 2.31 bits per heavy atom. The Kier molecular flexibility index (Phi) is 6.00. The van der Waals surface area contributed by atoms with Crippen LogP contribution < -0.4 is 4.87 Å². The maximum atomic E-state index is 13.2. The molecule has 3 aromatic rings. The molecule has 0 N–H and O–H groups in total. The molecular weight excluding hydrogens is 446 g/mol. The highest BCUT2D eigenvalue weighted by atomic mass is 32.2. The fourth-order valence-corrected chi connectivity index (χ4v) is 6.75. The van der Waals surface area contributed by atoms with Gasteiger partial charge in [0, 0.05) is 37.8 Å². The van der Waals surface area contributed by atoms with E-state index in [9.17, 15) is 18.0 Å². The summed E-state index contributed by atoms with van der Waals surface area (Å²) in [5, 5.41) is 0. The van der Waals surface area contributed by atoms with Crippen molar-refractivity contribution in [2.24, 2.45) is 0 Å². The number of nitrogens with zero attached hydrogens (tertiary/aromatic N) is 3. The number of aromatic nitrogens is 1. The molecule has 0 bridgehead atoms. The van der Waals surface area contributed by atoms with Crippen molar-refractivity contribution >= 4 is 37.5 Å². The van der Waals surface area contributed by atoms with Gasteiger partial charge in [-0.3, -0.25) is 14.2 Å². The van der Waals surface area contributed by atoms with E-state index in [0.717, 1.165) is 28.0 Å². The number of thiazole rings is 1. The quantitative estimate of drug-likeness (QED) is 0.582. The van der Waals surface area contributed by atoms with Gasteiger partial charge < -0.3 is 4.90 Å². The summed E-state index contributed by atoms with van der Waals surface area (Å²) in [6.45, 7) is 8.90. The van der Waals surface area contributed by atoms with Gasteiger partial charge in [-0.15, -0.1) is 0 Å². The van der Waals surface area contributed by atoms with E-state index >= 15 is 0 Å². The van der Waals surface area contributed by atoms with Crippen molar-refractivity contribution in [2.45, 2.75) is 38.6 Å². The van der Waals surface area contributed by atoms with E-state index in [0.29, 0.717) is 23.4 Å². The Hall–Kier alpha value is -2.49. The van der Waals surface area contributed by atoms with E-state index < -0.39 is 10.0 Å². The molecule has 0 radical (unpaired) electrons. The first-order chi connectivity index (χ1) is 15.1. The number of aryl methyl sites for hydroxylation is 2. The highest BCUT2D eigenvalue weighted by Crippen LogP contribution is 2.26. The lowest BCUT2D eigenvalue weighted by atomic mass is 10.0. The Bertz CT molecular complexity index is 1350. The zero-order valence-corrected chi connectivity index (χ0v) is 20.3. The van der Waals surface area contributed by atoms with Gasteiger partial charge >= 0.3 is 4.87 Å². The minimum absolute atomic E-state index is 0.00138. The number of benzene rings is 2. The molecule has 7 nitrogen and oxygen atoms in total. The molecule has 0 saturated carbocycles. The molecule has 0 atom stereocenters. The number of hydrogen-bond donors (Lipinski definition) is 0. The van der Waals surface area contributed by atoms with Gasteiger partial charge in [0.2, 0.25) is 10.0 Å². The van der Waals surface area contributed by atoms with Crippen molar-refractivity contribution in [2.75, 3.05) is 26.2 Å². The second-order valence-electron chi connectivity index (χ2n) is 8.48. The summed E-state index contributed by atoms with van der Waals surface area (Å²) in [5.74, 6) is -0.0687. The Morgan fingerprint density at radius 1 is 1.00 bits per heavy atom. The van der Waals surface area contributed by atoms with Gasteiger partial charge in [0.05, 0.1) is 15.1 Å². The number of piperazine rings is 1. The van der Waals surface area contributed by atoms with Crippen molar-refractivity contribution < 1.29 is 13.2 Å². The van der Waals surface area contributed by atoms with Crippen LogP contribution >= 0.6 is 11.3 Å². The van der Waals surface area contributed by atoms with Gasteiger partial charge in [-0.05, 0) is 57.5 Å². The van der Waals surface area contributed by atoms with Crippen LogP contribution in [-0.2, 0) is 10.0 Å². The smallest absolute Gasteiger partial charge is 0.308 e. The fraction of sp³-hybridized carbons (Fsp3) is 0.391. The lowest BCUT2D eigenvalue weighted by Crippen LogP contribution is -2.50. The molecule has 4 rings (SSSR count). The third-order valence-corrected chi connectivity index (χ3v) is 8.69. The number of hydrogen-bond acceptors (Lipinski definition) is 5. The van der Waals surface area contributed by atoms with Crippen LogP contribution in [0.4, 0.5) is 0 Å². The maximum Gasteiger partial charge on any atom is 0.308 e. The molecule has 170 valence electrons. The van der Waals surface area contributed by atoms with Gasteiger partial charge in [-0.1, -0.05) is 29.0 Å². The monoisotopic (exact) mass is 473 g/mol. The van der Waals surface area contributed by atoms with E-state index in [1.165, 1.54) is 4.31 Å². The molecule has 1 fully saturated rings. The molecule has 9 heteroatoms. The van der Waals surface area contributed by atoms with Crippen LogP contribution in [0.3, 0.4) is 0 Å². The summed E-state index contributed by atoms with van der Waals surface area (Å²) < 4.78 is 30.2. The molecule has 32 heavy (non-hydrogen) atoms. The Morgan fingerprint density at radius 2 is 1.69 bits per heavy atom. The molecule has 2 heterocycles. The van der Waals surface area contributed by atoms with Crippen LogP contribution in [-0.4, -0.2) is 54.3 Å². The first kappa shape index (κ1) is 22.7. The lowest BCUT2D eigenvalue weighted by molar-refractivity contribution is 0.0697. The van der Waals surface area contributed by atoms with Crippen LogP contribution in [0.2, 0.25) is 0 Å². The summed E-state index contributed by atoms with van der Waals surface area (Å²) in [4.78, 5) is 27.0. The predicted molar refractivity (Wildman–Crippen MR) is 127 cm³/mol. The number of rotatable bonds is 4. The summed E-state index contributed by atoms with van der Waals surface area (Å²) in [6, 6.07) is 10.6. The first-order valence-corrected chi connectivity index (χ1v) is 12.9. The normalized spacial score (nSPS) is 15.6. The third-order valence-electron chi connectivity index (χ3n) is 5.88. The molecule has 1 amide bonds. The maximum absolute atomic E-state index is 13.2. The van der Waals surface area contributed by atoms with Crippen LogP contribution in [0.25, 0.3) is 10.2 Å². The molecular formula is C23H27N3O4S2. The summed E-state index contributed by atoms with van der Waals surface area (Å²) >= 11 is 1.06. The van der Waals surface area contributed by atoms with Crippen molar-refractivity contribution in [1.29, 1.82) is 0 Å². The van der Waals surface area contributed by atoms with E-state index in [-0.39, 0.29) is 34.8 Å². The molecule has 0 aliphatic carbocycles. The zero-order chi connectivity index (χ0) is 23.2. The zero-order valence-electron chi connectivity index (χ0n) is 18.7. The van der Waals surface area contributed by atoms with E-state index in [4.69, 9.17) is 0 Å². The minimum atomic E-state index is -3.71. The second kappa shape index (κ2) is 8.46. The highest BCUT2D eigenvalue weighted by molar-refractivity contribution is 7.89. The van der Waals surface area contributed by atoms with Gasteiger partial charge in [0.1, 0.15) is 0 Å². The Balaban J connectivity index is 1.53. The lowest BCUT2D eigenvalue weighted by Gasteiger charge is -2.34. The largest absolute Gasteiger partial charge is 0.336 e. The first-order valence-electron chi connectivity index (χ1n) is 10.6. The van der Waals surface area contributed by atoms with Gasteiger partial charge in [-0.25, -0.2) is 8.42 Å². The minimum Gasteiger partial charge on any atom is -0.336 e. The summed E-state index contributed by atoms with van der Waals surface area (Å²) in [6.07, 6.45) is 0. The standard InChI is InChI=1S/C23H27N3O4S2/c1-15(2)26-20-8-6-18(14-21(20)31-23(26)28)32(29,30)25-11-9-24(10-12-25)22(27)19-7-5-16(3)13-17(19)4/h5-8,13-15H,9-12H2,1-4H3. The molecule has 1 saturated heterocycles. The van der Waals surface area contributed by atoms with E-state index in [2.05, 4.69) is 0 Å². The average molecular weight is 474 g/mol. The van der Waals surface area contributed by atoms with Crippen molar-refractivity contribution in [1.82, 2.24) is 13.8 Å². The molecule has 1 aliphatic rings. The predicted octanol–water partition coefficient (Wildman–Crippen LogP) is 3.41.